The number of rotatable bonds is 3. The second-order valence-corrected chi connectivity index (χ2v) is 7.17. The highest BCUT2D eigenvalue weighted by molar-refractivity contribution is 7.13. The molecule has 6 nitrogen and oxygen atoms in total. The maximum Gasteiger partial charge on any atom is 0.383 e. The van der Waals surface area contributed by atoms with Crippen molar-refractivity contribution in [3.05, 3.63) is 74.7 Å². The highest BCUT2D eigenvalue weighted by Crippen LogP contribution is 2.31. The van der Waals surface area contributed by atoms with Crippen LogP contribution in [-0.2, 0) is 4.84 Å². The van der Waals surface area contributed by atoms with E-state index in [4.69, 9.17) is 28.0 Å². The summed E-state index contributed by atoms with van der Waals surface area (Å²) in [4.78, 5) is 46.0. The molecule has 0 spiro atoms. The maximum absolute atomic E-state index is 12.3. The predicted octanol–water partition coefficient (Wildman–Crippen LogP) is 4.48. The van der Waals surface area contributed by atoms with Gasteiger partial charge in [0.25, 0.3) is 11.8 Å². The lowest BCUT2D eigenvalue weighted by Gasteiger charge is -2.11. The number of aromatic nitrogens is 1. The Balaban J connectivity index is 1.55. The fraction of sp³-hybridized carbons (Fsp3) is 0. The first-order chi connectivity index (χ1) is 13.0. The smallest absolute Gasteiger partial charge is 0.322 e. The van der Waals surface area contributed by atoms with Crippen LogP contribution in [0.15, 0.2) is 47.8 Å². The van der Waals surface area contributed by atoms with E-state index in [0.717, 1.165) is 0 Å². The molecule has 1 aliphatic heterocycles. The van der Waals surface area contributed by atoms with Gasteiger partial charge in [-0.3, -0.25) is 9.59 Å². The molecule has 1 aromatic heterocycles. The summed E-state index contributed by atoms with van der Waals surface area (Å²) in [5.41, 5.74) is 1.02. The molecule has 2 heterocycles. The van der Waals surface area contributed by atoms with E-state index in [0.29, 0.717) is 25.7 Å². The van der Waals surface area contributed by atoms with Crippen molar-refractivity contribution in [1.29, 1.82) is 0 Å². The van der Waals surface area contributed by atoms with Crippen molar-refractivity contribution in [2.24, 2.45) is 0 Å². The number of benzene rings is 2. The first-order valence-corrected chi connectivity index (χ1v) is 9.20. The van der Waals surface area contributed by atoms with Crippen LogP contribution >= 0.6 is 34.5 Å². The summed E-state index contributed by atoms with van der Waals surface area (Å²) < 4.78 is 0. The molecular formula is C18H8Cl2N2O4S. The molecule has 0 radical (unpaired) electrons. The first-order valence-electron chi connectivity index (χ1n) is 7.57. The number of hydrogen-bond donors (Lipinski definition) is 0. The molecule has 134 valence electrons. The largest absolute Gasteiger partial charge is 0.383 e. The predicted molar refractivity (Wildman–Crippen MR) is 99.9 cm³/mol. The standard InChI is InChI=1S/C18H8Cl2N2O4S/c19-12-6-5-9(7-13(12)20)15-21-14(8-27-15)18(25)26-22-16(23)10-3-1-2-4-11(10)17(22)24/h1-8H. The van der Waals surface area contributed by atoms with Gasteiger partial charge in [0.2, 0.25) is 0 Å². The van der Waals surface area contributed by atoms with Crippen molar-refractivity contribution in [2.75, 3.05) is 0 Å². The molecule has 1 aliphatic rings. The molecule has 0 bridgehead atoms. The molecule has 2 amide bonds. The number of halogens is 2. The summed E-state index contributed by atoms with van der Waals surface area (Å²) >= 11 is 13.1. The normalized spacial score (nSPS) is 13.0. The second kappa shape index (κ2) is 6.77. The zero-order valence-corrected chi connectivity index (χ0v) is 15.6. The number of fused-ring (bicyclic) bond motifs is 1. The number of carbonyl (C=O) groups is 3. The lowest BCUT2D eigenvalue weighted by molar-refractivity contribution is -0.0587. The summed E-state index contributed by atoms with van der Waals surface area (Å²) in [5, 5.41) is 3.20. The summed E-state index contributed by atoms with van der Waals surface area (Å²) in [6.45, 7) is 0. The Kier molecular flexibility index (Phi) is 4.43. The van der Waals surface area contributed by atoms with Crippen molar-refractivity contribution < 1.29 is 19.2 Å². The van der Waals surface area contributed by atoms with Gasteiger partial charge in [-0.05, 0) is 24.3 Å². The van der Waals surface area contributed by atoms with Crippen LogP contribution in [0.3, 0.4) is 0 Å². The highest BCUT2D eigenvalue weighted by Gasteiger charge is 2.39. The fourth-order valence-electron chi connectivity index (χ4n) is 2.51. The fourth-order valence-corrected chi connectivity index (χ4v) is 3.59. The van der Waals surface area contributed by atoms with Crippen LogP contribution in [-0.4, -0.2) is 27.8 Å². The van der Waals surface area contributed by atoms with Gasteiger partial charge in [0.05, 0.1) is 21.2 Å². The highest BCUT2D eigenvalue weighted by atomic mass is 35.5. The molecule has 0 saturated carbocycles. The van der Waals surface area contributed by atoms with E-state index in [-0.39, 0.29) is 16.8 Å². The quantitative estimate of drug-likeness (QED) is 0.585. The second-order valence-electron chi connectivity index (χ2n) is 5.50. The molecule has 0 unspecified atom stereocenters. The van der Waals surface area contributed by atoms with Gasteiger partial charge < -0.3 is 4.84 Å². The third kappa shape index (κ3) is 3.10. The Labute approximate surface area is 166 Å². The zero-order chi connectivity index (χ0) is 19.1. The lowest BCUT2D eigenvalue weighted by Crippen LogP contribution is -2.32. The van der Waals surface area contributed by atoms with Crippen molar-refractivity contribution in [3.8, 4) is 10.6 Å². The number of nitrogens with zero attached hydrogens (tertiary/aromatic N) is 2. The molecular weight excluding hydrogens is 411 g/mol. The van der Waals surface area contributed by atoms with E-state index in [1.54, 1.807) is 30.3 Å². The molecule has 4 rings (SSSR count). The summed E-state index contributed by atoms with van der Waals surface area (Å²) in [6, 6.07) is 11.2. The van der Waals surface area contributed by atoms with Gasteiger partial charge in [-0.1, -0.05) is 46.5 Å². The van der Waals surface area contributed by atoms with Crippen LogP contribution in [0.4, 0.5) is 0 Å². The number of hydrogen-bond acceptors (Lipinski definition) is 6. The van der Waals surface area contributed by atoms with E-state index in [1.165, 1.54) is 28.8 Å². The maximum atomic E-state index is 12.3. The number of thiazole rings is 1. The van der Waals surface area contributed by atoms with Crippen LogP contribution in [0.1, 0.15) is 31.2 Å². The minimum Gasteiger partial charge on any atom is -0.322 e. The van der Waals surface area contributed by atoms with Gasteiger partial charge in [-0.2, -0.15) is 0 Å². The molecule has 3 aromatic rings. The van der Waals surface area contributed by atoms with Crippen molar-refractivity contribution in [2.45, 2.75) is 0 Å². The SMILES string of the molecule is O=C(ON1C(=O)c2ccccc2C1=O)c1csc(-c2ccc(Cl)c(Cl)c2)n1. The van der Waals surface area contributed by atoms with Gasteiger partial charge in [0, 0.05) is 10.9 Å². The van der Waals surface area contributed by atoms with Crippen molar-refractivity contribution in [3.63, 3.8) is 0 Å². The lowest BCUT2D eigenvalue weighted by atomic mass is 10.1. The van der Waals surface area contributed by atoms with Gasteiger partial charge in [0.1, 0.15) is 5.01 Å². The molecule has 0 aliphatic carbocycles. The van der Waals surface area contributed by atoms with Crippen LogP contribution in [0.2, 0.25) is 10.0 Å². The third-order valence-electron chi connectivity index (χ3n) is 3.81. The minimum absolute atomic E-state index is 0.0300. The van der Waals surface area contributed by atoms with E-state index in [2.05, 4.69) is 4.98 Å². The van der Waals surface area contributed by atoms with Crippen LogP contribution in [0.25, 0.3) is 10.6 Å². The van der Waals surface area contributed by atoms with E-state index >= 15 is 0 Å². The molecule has 0 saturated heterocycles. The number of amides is 2. The number of imide groups is 1. The minimum atomic E-state index is -0.910. The monoisotopic (exact) mass is 418 g/mol. The van der Waals surface area contributed by atoms with E-state index in [1.807, 2.05) is 0 Å². The molecule has 0 atom stereocenters. The molecule has 9 heteroatoms. The Morgan fingerprint density at radius 1 is 1.00 bits per heavy atom. The Morgan fingerprint density at radius 3 is 2.30 bits per heavy atom. The van der Waals surface area contributed by atoms with Crippen LogP contribution in [0, 0.1) is 0 Å². The van der Waals surface area contributed by atoms with Crippen LogP contribution in [0.5, 0.6) is 0 Å². The Hall–Kier alpha value is -2.74. The third-order valence-corrected chi connectivity index (χ3v) is 5.44. The molecule has 0 N–H and O–H groups in total. The van der Waals surface area contributed by atoms with Gasteiger partial charge in [-0.15, -0.1) is 11.3 Å². The number of hydroxylamine groups is 2. The molecule has 2 aromatic carbocycles. The first kappa shape index (κ1) is 17.7. The average molecular weight is 419 g/mol. The summed E-state index contributed by atoms with van der Waals surface area (Å²) in [7, 11) is 0. The van der Waals surface area contributed by atoms with Crippen LogP contribution < -0.4 is 0 Å². The zero-order valence-electron chi connectivity index (χ0n) is 13.3. The number of carbonyl (C=O) groups excluding carboxylic acids is 3. The van der Waals surface area contributed by atoms with Gasteiger partial charge >= 0.3 is 5.97 Å². The Morgan fingerprint density at radius 2 is 1.67 bits per heavy atom. The molecule has 0 fully saturated rings. The van der Waals surface area contributed by atoms with Gasteiger partial charge in [-0.25, -0.2) is 9.78 Å². The molecule has 27 heavy (non-hydrogen) atoms. The Bertz CT molecular complexity index is 1080. The topological polar surface area (TPSA) is 76.6 Å². The van der Waals surface area contributed by atoms with E-state index < -0.39 is 17.8 Å². The van der Waals surface area contributed by atoms with Crippen molar-refractivity contribution >= 4 is 52.3 Å². The average Bonchev–Trinajstić information content (AvgIpc) is 3.25. The van der Waals surface area contributed by atoms with Crippen molar-refractivity contribution in [1.82, 2.24) is 10.0 Å². The van der Waals surface area contributed by atoms with E-state index in [9.17, 15) is 14.4 Å². The van der Waals surface area contributed by atoms with Gasteiger partial charge in [0.15, 0.2) is 5.69 Å². The summed E-state index contributed by atoms with van der Waals surface area (Å²) in [5.74, 6) is -2.29. The summed E-state index contributed by atoms with van der Waals surface area (Å²) in [6.07, 6.45) is 0.